The zero-order valence-electron chi connectivity index (χ0n) is 26.3. The fourth-order valence-electron chi connectivity index (χ4n) is 7.16. The van der Waals surface area contributed by atoms with Crippen LogP contribution in [0.1, 0.15) is 36.8 Å². The lowest BCUT2D eigenvalue weighted by Crippen LogP contribution is -2.54. The first-order chi connectivity index (χ1) is 21.8. The van der Waals surface area contributed by atoms with Crippen LogP contribution in [0.25, 0.3) is 0 Å². The molecule has 4 aliphatic rings. The lowest BCUT2D eigenvalue weighted by Gasteiger charge is -2.42. The number of likely N-dealkylation sites (N-methyl/N-ethyl adjacent to an activating group) is 1. The lowest BCUT2D eigenvalue weighted by molar-refractivity contribution is -0.142. The number of phenols is 1. The van der Waals surface area contributed by atoms with Crippen molar-refractivity contribution in [2.75, 3.05) is 71.3 Å². The van der Waals surface area contributed by atoms with E-state index in [1.165, 1.54) is 0 Å². The number of urea groups is 1. The first kappa shape index (κ1) is 31.2. The number of amides is 4. The van der Waals surface area contributed by atoms with Gasteiger partial charge >= 0.3 is 12.1 Å². The van der Waals surface area contributed by atoms with E-state index in [1.807, 2.05) is 34.1 Å². The number of aromatic hydroxyl groups is 1. The molecule has 4 heterocycles. The Bertz CT molecular complexity index is 1330. The topological polar surface area (TPSA) is 109 Å². The monoisotopic (exact) mass is 618 g/mol. The minimum absolute atomic E-state index is 0.0272. The number of para-hydroxylation sites is 1. The molecular weight excluding hydrogens is 572 g/mol. The van der Waals surface area contributed by atoms with Gasteiger partial charge in [-0.15, -0.1) is 0 Å². The van der Waals surface area contributed by atoms with E-state index in [0.717, 1.165) is 62.3 Å². The van der Waals surface area contributed by atoms with Crippen LogP contribution in [0.5, 0.6) is 5.75 Å². The quantitative estimate of drug-likeness (QED) is 0.512. The maximum atomic E-state index is 13.8. The smallest absolute Gasteiger partial charge is 0.410 e. The number of hydrogen-bond acceptors (Lipinski definition) is 7. The summed E-state index contributed by atoms with van der Waals surface area (Å²) in [4.78, 5) is 50.7. The molecule has 2 aromatic carbocycles. The van der Waals surface area contributed by atoms with Crippen molar-refractivity contribution in [1.29, 1.82) is 0 Å². The number of carbonyl (C=O) groups is 3. The number of fused-ring (bicyclic) bond motifs is 1. The molecule has 3 fully saturated rings. The van der Waals surface area contributed by atoms with Crippen LogP contribution < -0.4 is 5.32 Å². The standard InChI is InChI=1S/C34H46N6O5/c1-36-20-22-37(23-21-36)27-11-15-38(16-12-27)32(42)31(24-25-6-8-29(41)9-7-25)45-34(44)39-17-13-28(14-18-39)40-19-10-26-4-2-3-5-30(26)35-33(40)43/h2-9,27-28,31,41H,10-24H2,1H3,(H,35,43)/t31-/m1/s1. The third kappa shape index (κ3) is 7.53. The second kappa shape index (κ2) is 14.1. The van der Waals surface area contributed by atoms with Crippen LogP contribution in [-0.4, -0.2) is 132 Å². The van der Waals surface area contributed by atoms with Crippen LogP contribution >= 0.6 is 0 Å². The van der Waals surface area contributed by atoms with Gasteiger partial charge in [-0.2, -0.15) is 0 Å². The van der Waals surface area contributed by atoms with E-state index in [9.17, 15) is 19.5 Å². The van der Waals surface area contributed by atoms with E-state index in [2.05, 4.69) is 22.2 Å². The van der Waals surface area contributed by atoms with Crippen LogP contribution in [0.3, 0.4) is 0 Å². The number of ether oxygens (including phenoxy) is 1. The summed E-state index contributed by atoms with van der Waals surface area (Å²) in [6, 6.07) is 15.0. The molecule has 4 aliphatic heterocycles. The SMILES string of the molecule is CN1CCN(C2CCN(C(=O)[C@@H](Cc3ccc(O)cc3)OC(=O)N3CCC(N4CCc5ccccc5NC4=O)CC3)CC2)CC1. The molecule has 0 spiro atoms. The van der Waals surface area contributed by atoms with Crippen molar-refractivity contribution in [2.45, 2.75) is 56.7 Å². The van der Waals surface area contributed by atoms with Crippen molar-refractivity contribution >= 4 is 23.7 Å². The zero-order valence-corrected chi connectivity index (χ0v) is 26.3. The van der Waals surface area contributed by atoms with E-state index in [1.54, 1.807) is 29.2 Å². The maximum absolute atomic E-state index is 13.8. The summed E-state index contributed by atoms with van der Waals surface area (Å²) in [6.07, 6.45) is 2.71. The number of hydrogen-bond donors (Lipinski definition) is 2. The Labute approximate surface area is 265 Å². The summed E-state index contributed by atoms with van der Waals surface area (Å²) in [5.41, 5.74) is 2.80. The minimum atomic E-state index is -0.949. The highest BCUT2D eigenvalue weighted by atomic mass is 16.6. The summed E-state index contributed by atoms with van der Waals surface area (Å²) in [5, 5.41) is 12.8. The van der Waals surface area contributed by atoms with Crippen molar-refractivity contribution < 1.29 is 24.2 Å². The van der Waals surface area contributed by atoms with Crippen molar-refractivity contribution in [3.63, 3.8) is 0 Å². The zero-order chi connectivity index (χ0) is 31.3. The Morgan fingerprint density at radius 2 is 1.49 bits per heavy atom. The van der Waals surface area contributed by atoms with Gasteiger partial charge in [0.25, 0.3) is 5.91 Å². The van der Waals surface area contributed by atoms with Gasteiger partial charge in [-0.05, 0) is 68.5 Å². The first-order valence-corrected chi connectivity index (χ1v) is 16.4. The fourth-order valence-corrected chi connectivity index (χ4v) is 7.16. The third-order valence-electron chi connectivity index (χ3n) is 10.0. The van der Waals surface area contributed by atoms with Crippen LogP contribution in [0, 0.1) is 0 Å². The molecule has 1 atom stereocenters. The fraction of sp³-hybridized carbons (Fsp3) is 0.559. The number of benzene rings is 2. The summed E-state index contributed by atoms with van der Waals surface area (Å²) < 4.78 is 5.98. The van der Waals surface area contributed by atoms with E-state index < -0.39 is 12.2 Å². The Morgan fingerprint density at radius 1 is 0.844 bits per heavy atom. The molecule has 0 aliphatic carbocycles. The van der Waals surface area contributed by atoms with Gasteiger partial charge in [-0.25, -0.2) is 9.59 Å². The van der Waals surface area contributed by atoms with E-state index in [4.69, 9.17) is 4.74 Å². The van der Waals surface area contributed by atoms with Crippen molar-refractivity contribution in [2.24, 2.45) is 0 Å². The molecule has 4 amide bonds. The van der Waals surface area contributed by atoms with E-state index >= 15 is 0 Å². The number of nitrogens with zero attached hydrogens (tertiary/aromatic N) is 5. The summed E-state index contributed by atoms with van der Waals surface area (Å²) in [7, 11) is 2.16. The number of rotatable bonds is 6. The van der Waals surface area contributed by atoms with Gasteiger partial charge in [0.05, 0.1) is 0 Å². The third-order valence-corrected chi connectivity index (χ3v) is 10.0. The maximum Gasteiger partial charge on any atom is 0.410 e. The molecule has 0 saturated carbocycles. The molecule has 6 rings (SSSR count). The number of piperazine rings is 1. The normalized spacial score (nSPS) is 21.5. The Balaban J connectivity index is 1.05. The number of nitrogens with one attached hydrogen (secondary N) is 1. The minimum Gasteiger partial charge on any atom is -0.508 e. The van der Waals surface area contributed by atoms with Gasteiger partial charge in [-0.1, -0.05) is 30.3 Å². The molecule has 0 bridgehead atoms. The van der Waals surface area contributed by atoms with Gasteiger partial charge in [0.15, 0.2) is 6.10 Å². The largest absolute Gasteiger partial charge is 0.508 e. The van der Waals surface area contributed by atoms with Gasteiger partial charge in [0.1, 0.15) is 5.75 Å². The average Bonchev–Trinajstić information content (AvgIpc) is 3.23. The number of piperidine rings is 2. The summed E-state index contributed by atoms with van der Waals surface area (Å²) >= 11 is 0. The van der Waals surface area contributed by atoms with Gasteiger partial charge in [-0.3, -0.25) is 9.69 Å². The Morgan fingerprint density at radius 3 is 2.20 bits per heavy atom. The highest BCUT2D eigenvalue weighted by Gasteiger charge is 2.36. The number of anilines is 1. The molecular formula is C34H46N6O5. The predicted octanol–water partition coefficient (Wildman–Crippen LogP) is 3.23. The second-order valence-corrected chi connectivity index (χ2v) is 12.9. The predicted molar refractivity (Wildman–Crippen MR) is 171 cm³/mol. The number of likely N-dealkylation sites (tertiary alicyclic amines) is 2. The molecule has 45 heavy (non-hydrogen) atoms. The van der Waals surface area contributed by atoms with Crippen LogP contribution in [0.15, 0.2) is 48.5 Å². The van der Waals surface area contributed by atoms with Gasteiger partial charge < -0.3 is 34.8 Å². The van der Waals surface area contributed by atoms with Crippen molar-refractivity contribution in [3.8, 4) is 5.75 Å². The summed E-state index contributed by atoms with van der Waals surface area (Å²) in [5.74, 6) is -0.0154. The van der Waals surface area contributed by atoms with Gasteiger partial charge in [0, 0.05) is 83.1 Å². The van der Waals surface area contributed by atoms with E-state index in [0.29, 0.717) is 51.6 Å². The number of phenolic OH excluding ortho intramolecular Hbond substituents is 1. The van der Waals surface area contributed by atoms with Gasteiger partial charge in [0.2, 0.25) is 0 Å². The summed E-state index contributed by atoms with van der Waals surface area (Å²) in [6.45, 7) is 7.09. The van der Waals surface area contributed by atoms with Crippen LogP contribution in [0.2, 0.25) is 0 Å². The highest BCUT2D eigenvalue weighted by molar-refractivity contribution is 5.91. The average molecular weight is 619 g/mol. The van der Waals surface area contributed by atoms with Crippen LogP contribution in [0.4, 0.5) is 15.3 Å². The van der Waals surface area contributed by atoms with Crippen LogP contribution in [-0.2, 0) is 22.4 Å². The highest BCUT2D eigenvalue weighted by Crippen LogP contribution is 2.26. The Kier molecular flexibility index (Phi) is 9.75. The molecule has 0 aromatic heterocycles. The first-order valence-electron chi connectivity index (χ1n) is 16.4. The Hall–Kier alpha value is -3.83. The molecule has 11 nitrogen and oxygen atoms in total. The molecule has 11 heteroatoms. The molecule has 0 unspecified atom stereocenters. The molecule has 0 radical (unpaired) electrons. The molecule has 3 saturated heterocycles. The van der Waals surface area contributed by atoms with Crippen molar-refractivity contribution in [3.05, 3.63) is 59.7 Å². The second-order valence-electron chi connectivity index (χ2n) is 12.9. The van der Waals surface area contributed by atoms with E-state index in [-0.39, 0.29) is 30.2 Å². The lowest BCUT2D eigenvalue weighted by atomic mass is 10.0. The van der Waals surface area contributed by atoms with Crippen molar-refractivity contribution in [1.82, 2.24) is 24.5 Å². The molecule has 2 aromatic rings. The molecule has 242 valence electrons. The number of carbonyl (C=O) groups excluding carboxylic acids is 3. The molecule has 2 N–H and O–H groups in total.